The van der Waals surface area contributed by atoms with E-state index in [2.05, 4.69) is 36.4 Å². The first-order valence-electron chi connectivity index (χ1n) is 5.49. The molecule has 96 valence electrons. The van der Waals surface area contributed by atoms with E-state index < -0.39 is 0 Å². The summed E-state index contributed by atoms with van der Waals surface area (Å²) >= 11 is 3.51. The summed E-state index contributed by atoms with van der Waals surface area (Å²) in [4.78, 5) is 8.68. The van der Waals surface area contributed by atoms with Gasteiger partial charge in [0.1, 0.15) is 11.6 Å². The van der Waals surface area contributed by atoms with E-state index in [1.807, 2.05) is 27.7 Å². The Balaban J connectivity index is 2.70. The van der Waals surface area contributed by atoms with Crippen molar-refractivity contribution in [1.82, 2.24) is 19.7 Å². The molecule has 0 saturated carbocycles. The lowest BCUT2D eigenvalue weighted by Crippen LogP contribution is -2.15. The van der Waals surface area contributed by atoms with E-state index in [9.17, 15) is 0 Å². The second kappa shape index (κ2) is 4.66. The van der Waals surface area contributed by atoms with Gasteiger partial charge >= 0.3 is 0 Å². The number of hydrazine groups is 1. The molecule has 2 heterocycles. The van der Waals surface area contributed by atoms with Crippen LogP contribution in [0.5, 0.6) is 0 Å². The number of halogens is 1. The van der Waals surface area contributed by atoms with Gasteiger partial charge in [0.2, 0.25) is 0 Å². The molecule has 0 bridgehead atoms. The van der Waals surface area contributed by atoms with E-state index in [1.54, 1.807) is 4.68 Å². The summed E-state index contributed by atoms with van der Waals surface area (Å²) in [6, 6.07) is 0. The Bertz CT molecular complexity index is 604. The van der Waals surface area contributed by atoms with Crippen LogP contribution in [0.2, 0.25) is 0 Å². The molecule has 0 atom stereocenters. The number of rotatable bonds is 2. The number of nitrogen functional groups attached to an aromatic ring is 1. The zero-order chi connectivity index (χ0) is 13.4. The third kappa shape index (κ3) is 1.99. The van der Waals surface area contributed by atoms with Crippen LogP contribution in [0.3, 0.4) is 0 Å². The summed E-state index contributed by atoms with van der Waals surface area (Å²) in [5.74, 6) is 7.46. The van der Waals surface area contributed by atoms with Crippen molar-refractivity contribution in [3.8, 4) is 5.82 Å². The first kappa shape index (κ1) is 13.0. The SMILES string of the molecule is Cc1nc(NN)c(C)c(-n2nc(C)c(Br)c2C)n1. The average Bonchev–Trinajstić information content (AvgIpc) is 2.59. The van der Waals surface area contributed by atoms with Crippen LogP contribution in [0.15, 0.2) is 4.47 Å². The fraction of sp³-hybridized carbons (Fsp3) is 0.364. The van der Waals surface area contributed by atoms with Crippen molar-refractivity contribution in [3.63, 3.8) is 0 Å². The molecule has 18 heavy (non-hydrogen) atoms. The maximum Gasteiger partial charge on any atom is 0.162 e. The molecule has 0 unspecified atom stereocenters. The molecular weight excluding hydrogens is 296 g/mol. The number of aromatic nitrogens is 4. The van der Waals surface area contributed by atoms with Crippen molar-refractivity contribution in [1.29, 1.82) is 0 Å². The number of anilines is 1. The maximum atomic E-state index is 5.46. The molecule has 2 aromatic rings. The summed E-state index contributed by atoms with van der Waals surface area (Å²) in [6.07, 6.45) is 0. The number of aryl methyl sites for hydroxylation is 2. The summed E-state index contributed by atoms with van der Waals surface area (Å²) < 4.78 is 2.78. The highest BCUT2D eigenvalue weighted by Gasteiger charge is 2.16. The van der Waals surface area contributed by atoms with E-state index in [0.29, 0.717) is 11.6 Å². The van der Waals surface area contributed by atoms with Gasteiger partial charge in [-0.3, -0.25) is 0 Å². The molecule has 2 aromatic heterocycles. The van der Waals surface area contributed by atoms with Crippen LogP contribution in [0.4, 0.5) is 5.82 Å². The van der Waals surface area contributed by atoms with Gasteiger partial charge in [0.15, 0.2) is 5.82 Å². The molecule has 2 rings (SSSR count). The highest BCUT2D eigenvalue weighted by Crippen LogP contribution is 2.25. The quantitative estimate of drug-likeness (QED) is 0.654. The Morgan fingerprint density at radius 3 is 2.33 bits per heavy atom. The Hall–Kier alpha value is -1.47. The van der Waals surface area contributed by atoms with Crippen LogP contribution in [0.25, 0.3) is 5.82 Å². The summed E-state index contributed by atoms with van der Waals surface area (Å²) in [7, 11) is 0. The van der Waals surface area contributed by atoms with Crippen molar-refractivity contribution >= 4 is 21.7 Å². The minimum atomic E-state index is 0.612. The Morgan fingerprint density at radius 1 is 1.17 bits per heavy atom. The molecule has 6 nitrogen and oxygen atoms in total. The van der Waals surface area contributed by atoms with Crippen LogP contribution in [0.1, 0.15) is 22.8 Å². The van der Waals surface area contributed by atoms with Crippen LogP contribution in [-0.2, 0) is 0 Å². The van der Waals surface area contributed by atoms with Gasteiger partial charge in [0.05, 0.1) is 15.9 Å². The van der Waals surface area contributed by atoms with Crippen molar-refractivity contribution in [2.75, 3.05) is 5.43 Å². The third-order valence-electron chi connectivity index (χ3n) is 2.77. The van der Waals surface area contributed by atoms with E-state index in [-0.39, 0.29) is 0 Å². The predicted molar refractivity (Wildman–Crippen MR) is 73.6 cm³/mol. The standard InChI is InChI=1S/C11H15BrN6/c1-5-10(16-13)14-8(4)15-11(5)18-7(3)9(12)6(2)17-18/h13H2,1-4H3,(H,14,15,16). The summed E-state index contributed by atoms with van der Waals surface area (Å²) in [5.41, 5.74) is 5.36. The minimum absolute atomic E-state index is 0.612. The topological polar surface area (TPSA) is 81.6 Å². The van der Waals surface area contributed by atoms with Crippen molar-refractivity contribution < 1.29 is 0 Å². The van der Waals surface area contributed by atoms with Gasteiger partial charge in [-0.1, -0.05) is 0 Å². The Labute approximate surface area is 114 Å². The Morgan fingerprint density at radius 2 is 1.83 bits per heavy atom. The maximum absolute atomic E-state index is 5.46. The summed E-state index contributed by atoms with van der Waals surface area (Å²) in [6.45, 7) is 7.66. The van der Waals surface area contributed by atoms with Gasteiger partial charge in [-0.05, 0) is 43.6 Å². The number of nitrogens with zero attached hydrogens (tertiary/aromatic N) is 4. The second-order valence-electron chi connectivity index (χ2n) is 4.11. The van der Waals surface area contributed by atoms with E-state index in [4.69, 9.17) is 5.84 Å². The molecule has 0 aliphatic carbocycles. The molecule has 0 spiro atoms. The number of hydrogen-bond donors (Lipinski definition) is 2. The molecule has 0 aromatic carbocycles. The molecule has 3 N–H and O–H groups in total. The first-order valence-corrected chi connectivity index (χ1v) is 6.29. The predicted octanol–water partition coefficient (Wildman–Crippen LogP) is 1.94. The lowest BCUT2D eigenvalue weighted by Gasteiger charge is -2.11. The molecule has 0 aliphatic heterocycles. The molecular formula is C11H15BrN6. The van der Waals surface area contributed by atoms with Gasteiger partial charge in [-0.25, -0.2) is 20.5 Å². The smallest absolute Gasteiger partial charge is 0.162 e. The monoisotopic (exact) mass is 310 g/mol. The normalized spacial score (nSPS) is 10.8. The first-order chi connectivity index (χ1) is 8.45. The van der Waals surface area contributed by atoms with E-state index in [1.165, 1.54) is 0 Å². The van der Waals surface area contributed by atoms with Gasteiger partial charge < -0.3 is 5.43 Å². The number of nitrogens with one attached hydrogen (secondary N) is 1. The van der Waals surface area contributed by atoms with Crippen LogP contribution in [-0.4, -0.2) is 19.7 Å². The fourth-order valence-corrected chi connectivity index (χ4v) is 2.04. The van der Waals surface area contributed by atoms with E-state index >= 15 is 0 Å². The zero-order valence-corrected chi connectivity index (χ0v) is 12.3. The number of hydrogen-bond acceptors (Lipinski definition) is 5. The lowest BCUT2D eigenvalue weighted by molar-refractivity contribution is 0.784. The third-order valence-corrected chi connectivity index (χ3v) is 3.92. The largest absolute Gasteiger partial charge is 0.308 e. The Kier molecular flexibility index (Phi) is 3.36. The highest BCUT2D eigenvalue weighted by molar-refractivity contribution is 9.10. The molecule has 0 saturated heterocycles. The molecule has 0 fully saturated rings. The zero-order valence-electron chi connectivity index (χ0n) is 10.7. The van der Waals surface area contributed by atoms with Crippen LogP contribution < -0.4 is 11.3 Å². The van der Waals surface area contributed by atoms with Crippen molar-refractivity contribution in [3.05, 3.63) is 27.2 Å². The average molecular weight is 311 g/mol. The fourth-order valence-electron chi connectivity index (χ4n) is 1.79. The number of nitrogens with two attached hydrogens (primary N) is 1. The molecule has 0 aliphatic rings. The van der Waals surface area contributed by atoms with Crippen molar-refractivity contribution in [2.45, 2.75) is 27.7 Å². The lowest BCUT2D eigenvalue weighted by atomic mass is 10.3. The van der Waals surface area contributed by atoms with Crippen molar-refractivity contribution in [2.24, 2.45) is 5.84 Å². The molecule has 0 radical (unpaired) electrons. The summed E-state index contributed by atoms with van der Waals surface area (Å²) in [5, 5.41) is 4.47. The van der Waals surface area contributed by atoms with Crippen LogP contribution >= 0.6 is 15.9 Å². The molecule has 0 amide bonds. The van der Waals surface area contributed by atoms with Gasteiger partial charge in [0.25, 0.3) is 0 Å². The second-order valence-corrected chi connectivity index (χ2v) is 4.90. The van der Waals surface area contributed by atoms with E-state index in [0.717, 1.165) is 27.2 Å². The van der Waals surface area contributed by atoms with Gasteiger partial charge in [-0.2, -0.15) is 5.10 Å². The van der Waals surface area contributed by atoms with Gasteiger partial charge in [-0.15, -0.1) is 0 Å². The minimum Gasteiger partial charge on any atom is -0.308 e. The highest BCUT2D eigenvalue weighted by atomic mass is 79.9. The molecule has 7 heteroatoms. The van der Waals surface area contributed by atoms with Gasteiger partial charge in [0, 0.05) is 5.56 Å². The van der Waals surface area contributed by atoms with Crippen LogP contribution in [0, 0.1) is 27.7 Å².